The van der Waals surface area contributed by atoms with Crippen LogP contribution < -0.4 is 5.73 Å². The number of hydrogen-bond acceptors (Lipinski definition) is 5. The van der Waals surface area contributed by atoms with Crippen molar-refractivity contribution in [3.63, 3.8) is 0 Å². The van der Waals surface area contributed by atoms with Gasteiger partial charge in [-0.1, -0.05) is 17.3 Å². The van der Waals surface area contributed by atoms with E-state index in [-0.39, 0.29) is 16.2 Å². The summed E-state index contributed by atoms with van der Waals surface area (Å²) >= 11 is 3.14. The zero-order chi connectivity index (χ0) is 15.2. The first-order valence-electron chi connectivity index (χ1n) is 6.33. The summed E-state index contributed by atoms with van der Waals surface area (Å²) in [6.07, 6.45) is 0.641. The van der Waals surface area contributed by atoms with Gasteiger partial charge in [0.1, 0.15) is 0 Å². The number of anilines is 1. The molecule has 3 rings (SSSR count). The second-order valence-electron chi connectivity index (χ2n) is 4.88. The Bertz CT molecular complexity index is 782. The van der Waals surface area contributed by atoms with Gasteiger partial charge in [0.15, 0.2) is 4.60 Å². The van der Waals surface area contributed by atoms with Crippen LogP contribution in [0.2, 0.25) is 0 Å². The van der Waals surface area contributed by atoms with Crippen LogP contribution in [0.1, 0.15) is 11.1 Å². The summed E-state index contributed by atoms with van der Waals surface area (Å²) in [5, 5.41) is 7.52. The van der Waals surface area contributed by atoms with Crippen molar-refractivity contribution >= 4 is 31.6 Å². The number of aromatic nitrogens is 3. The maximum Gasteiger partial charge on any atom is 0.263 e. The second-order valence-corrected chi connectivity index (χ2v) is 7.49. The largest absolute Gasteiger partial charge is 0.398 e. The fraction of sp³-hybridized carbons (Fsp3) is 0.333. The molecule has 0 saturated heterocycles. The number of fused-ring (bicyclic) bond motifs is 1. The Kier molecular flexibility index (Phi) is 3.50. The molecule has 1 aliphatic rings. The van der Waals surface area contributed by atoms with E-state index < -0.39 is 10.0 Å². The molecule has 112 valence electrons. The third-order valence-electron chi connectivity index (χ3n) is 3.60. The Labute approximate surface area is 130 Å². The molecule has 0 aliphatic carbocycles. The van der Waals surface area contributed by atoms with Crippen molar-refractivity contribution in [2.24, 2.45) is 7.05 Å². The van der Waals surface area contributed by atoms with E-state index in [1.165, 1.54) is 8.99 Å². The first-order valence-corrected chi connectivity index (χ1v) is 8.56. The van der Waals surface area contributed by atoms with Gasteiger partial charge in [-0.25, -0.2) is 13.1 Å². The molecule has 0 bridgehead atoms. The van der Waals surface area contributed by atoms with E-state index in [2.05, 4.69) is 26.2 Å². The van der Waals surface area contributed by atoms with Gasteiger partial charge < -0.3 is 5.73 Å². The number of halogens is 1. The summed E-state index contributed by atoms with van der Waals surface area (Å²) in [7, 11) is -2.12. The van der Waals surface area contributed by atoms with Gasteiger partial charge in [-0.15, -0.1) is 5.10 Å². The number of hydrogen-bond donors (Lipinski definition) is 1. The van der Waals surface area contributed by atoms with Gasteiger partial charge in [0, 0.05) is 25.8 Å². The number of nitrogens with zero attached hydrogens (tertiary/aromatic N) is 4. The Morgan fingerprint density at radius 1 is 1.38 bits per heavy atom. The Morgan fingerprint density at radius 3 is 2.81 bits per heavy atom. The minimum Gasteiger partial charge on any atom is -0.398 e. The van der Waals surface area contributed by atoms with E-state index in [1.807, 2.05) is 12.1 Å². The first kappa shape index (κ1) is 14.5. The summed E-state index contributed by atoms with van der Waals surface area (Å²) in [4.78, 5) is 0. The van der Waals surface area contributed by atoms with Crippen LogP contribution in [-0.2, 0) is 30.0 Å². The first-order chi connectivity index (χ1) is 9.91. The van der Waals surface area contributed by atoms with Crippen LogP contribution >= 0.6 is 15.9 Å². The molecule has 0 fully saturated rings. The predicted molar refractivity (Wildman–Crippen MR) is 80.9 cm³/mol. The Hall–Kier alpha value is -1.45. The van der Waals surface area contributed by atoms with Crippen LogP contribution in [0.25, 0.3) is 0 Å². The highest BCUT2D eigenvalue weighted by Crippen LogP contribution is 2.29. The van der Waals surface area contributed by atoms with E-state index in [1.54, 1.807) is 13.1 Å². The fourth-order valence-corrected chi connectivity index (χ4v) is 4.95. The summed E-state index contributed by atoms with van der Waals surface area (Å²) < 4.78 is 28.4. The average molecular weight is 372 g/mol. The molecule has 0 amide bonds. The molecule has 0 spiro atoms. The molecule has 21 heavy (non-hydrogen) atoms. The number of nitrogens with two attached hydrogens (primary N) is 1. The molecule has 0 saturated carbocycles. The molecular weight excluding hydrogens is 358 g/mol. The lowest BCUT2D eigenvalue weighted by molar-refractivity contribution is 0.387. The molecule has 1 aromatic carbocycles. The van der Waals surface area contributed by atoms with Gasteiger partial charge in [-0.3, -0.25) is 0 Å². The highest BCUT2D eigenvalue weighted by Gasteiger charge is 2.33. The van der Waals surface area contributed by atoms with Crippen LogP contribution in [0.15, 0.2) is 27.8 Å². The van der Waals surface area contributed by atoms with Crippen LogP contribution in [0.4, 0.5) is 5.69 Å². The van der Waals surface area contributed by atoms with Crippen molar-refractivity contribution in [2.45, 2.75) is 18.0 Å². The Morgan fingerprint density at radius 2 is 2.14 bits per heavy atom. The summed E-state index contributed by atoms with van der Waals surface area (Å²) in [6, 6.07) is 5.66. The molecule has 0 unspecified atom stereocenters. The molecule has 7 nitrogen and oxygen atoms in total. The van der Waals surface area contributed by atoms with Gasteiger partial charge >= 0.3 is 0 Å². The smallest absolute Gasteiger partial charge is 0.263 e. The van der Waals surface area contributed by atoms with E-state index in [0.29, 0.717) is 18.7 Å². The van der Waals surface area contributed by atoms with Gasteiger partial charge in [-0.05, 0) is 39.5 Å². The average Bonchev–Trinajstić information content (AvgIpc) is 2.79. The summed E-state index contributed by atoms with van der Waals surface area (Å²) in [5.74, 6) is 0. The van der Waals surface area contributed by atoms with E-state index in [4.69, 9.17) is 5.73 Å². The van der Waals surface area contributed by atoms with Crippen molar-refractivity contribution in [1.29, 1.82) is 0 Å². The molecule has 1 aliphatic heterocycles. The monoisotopic (exact) mass is 371 g/mol. The molecule has 2 aromatic rings. The normalized spacial score (nSPS) is 15.9. The van der Waals surface area contributed by atoms with Crippen molar-refractivity contribution in [1.82, 2.24) is 19.3 Å². The van der Waals surface area contributed by atoms with Crippen molar-refractivity contribution in [3.05, 3.63) is 33.9 Å². The van der Waals surface area contributed by atoms with Crippen LogP contribution in [0.5, 0.6) is 0 Å². The van der Waals surface area contributed by atoms with Gasteiger partial charge in [0.25, 0.3) is 10.0 Å². The van der Waals surface area contributed by atoms with Crippen LogP contribution in [0, 0.1) is 0 Å². The van der Waals surface area contributed by atoms with Crippen LogP contribution in [0.3, 0.4) is 0 Å². The fourth-order valence-electron chi connectivity index (χ4n) is 2.51. The van der Waals surface area contributed by atoms with Gasteiger partial charge in [0.05, 0.1) is 0 Å². The lowest BCUT2D eigenvalue weighted by Gasteiger charge is -2.28. The van der Waals surface area contributed by atoms with E-state index in [0.717, 1.165) is 11.1 Å². The zero-order valence-electron chi connectivity index (χ0n) is 11.3. The number of sulfonamides is 1. The summed E-state index contributed by atoms with van der Waals surface area (Å²) in [6.45, 7) is 0.679. The van der Waals surface area contributed by atoms with E-state index in [9.17, 15) is 8.42 Å². The number of aryl methyl sites for hydroxylation is 1. The maximum absolute atomic E-state index is 12.8. The quantitative estimate of drug-likeness (QED) is 0.791. The Balaban J connectivity index is 2.01. The number of benzene rings is 1. The molecule has 1 aromatic heterocycles. The van der Waals surface area contributed by atoms with Gasteiger partial charge in [0.2, 0.25) is 5.03 Å². The number of rotatable bonds is 2. The molecule has 2 heterocycles. The van der Waals surface area contributed by atoms with Crippen LogP contribution in [-0.4, -0.2) is 34.3 Å². The molecule has 0 radical (unpaired) electrons. The minimum absolute atomic E-state index is 0.0560. The van der Waals surface area contributed by atoms with Crippen molar-refractivity contribution < 1.29 is 8.42 Å². The lowest BCUT2D eigenvalue weighted by Crippen LogP contribution is -2.37. The number of nitrogen functional groups attached to an aromatic ring is 1. The molecule has 0 atom stereocenters. The second kappa shape index (κ2) is 5.08. The third kappa shape index (κ3) is 2.34. The maximum atomic E-state index is 12.8. The standard InChI is InChI=1S/C12H14BrN5O2S/c1-17-12(11(13)15-16-17)21(19,20)18-6-5-8-3-2-4-10(14)9(8)7-18/h2-4H,5-7,14H2,1H3. The predicted octanol–water partition coefficient (Wildman–Crippen LogP) is 0.907. The van der Waals surface area contributed by atoms with E-state index >= 15 is 0 Å². The van der Waals surface area contributed by atoms with Crippen molar-refractivity contribution in [2.75, 3.05) is 12.3 Å². The minimum atomic E-state index is -3.67. The SMILES string of the molecule is Cn1nnc(Br)c1S(=O)(=O)N1CCc2cccc(N)c2C1. The topological polar surface area (TPSA) is 94.1 Å². The molecule has 2 N–H and O–H groups in total. The van der Waals surface area contributed by atoms with Crippen molar-refractivity contribution in [3.8, 4) is 0 Å². The highest BCUT2D eigenvalue weighted by molar-refractivity contribution is 9.10. The molecular formula is C12H14BrN5O2S. The zero-order valence-corrected chi connectivity index (χ0v) is 13.7. The third-order valence-corrected chi connectivity index (χ3v) is 6.33. The highest BCUT2D eigenvalue weighted by atomic mass is 79.9. The van der Waals surface area contributed by atoms with Gasteiger partial charge in [-0.2, -0.15) is 4.31 Å². The molecule has 9 heteroatoms. The lowest BCUT2D eigenvalue weighted by atomic mass is 10.00. The summed E-state index contributed by atoms with van der Waals surface area (Å²) in [5.41, 5.74) is 8.56.